The molecule has 1 aromatic rings. The van der Waals surface area contributed by atoms with Crippen LogP contribution in [0.3, 0.4) is 0 Å². The quantitative estimate of drug-likeness (QED) is 0.754. The number of pyridine rings is 1. The third-order valence-corrected chi connectivity index (χ3v) is 2.50. The van der Waals surface area contributed by atoms with Crippen molar-refractivity contribution in [3.63, 3.8) is 0 Å². The summed E-state index contributed by atoms with van der Waals surface area (Å²) in [6.07, 6.45) is 2.44. The molecule has 1 heterocycles. The van der Waals surface area contributed by atoms with Crippen LogP contribution in [0.15, 0.2) is 12.3 Å². The van der Waals surface area contributed by atoms with Gasteiger partial charge in [-0.25, -0.2) is 4.98 Å². The highest BCUT2D eigenvalue weighted by Gasteiger charge is 2.10. The maximum Gasteiger partial charge on any atom is 0.147 e. The van der Waals surface area contributed by atoms with E-state index in [4.69, 9.17) is 28.9 Å². The fourth-order valence-electron chi connectivity index (χ4n) is 0.938. The van der Waals surface area contributed by atoms with Crippen molar-refractivity contribution < 1.29 is 0 Å². The van der Waals surface area contributed by atoms with Crippen LogP contribution in [0.1, 0.15) is 24.9 Å². The van der Waals surface area contributed by atoms with Crippen LogP contribution in [-0.4, -0.2) is 4.98 Å². The third kappa shape index (κ3) is 1.89. The molecular formula is C8H10Cl2N2. The molecule has 0 bridgehead atoms. The number of hydrogen-bond donors (Lipinski definition) is 1. The van der Waals surface area contributed by atoms with Gasteiger partial charge in [0.1, 0.15) is 5.15 Å². The molecule has 0 fully saturated rings. The third-order valence-electron chi connectivity index (χ3n) is 1.72. The van der Waals surface area contributed by atoms with Crippen LogP contribution in [0.25, 0.3) is 0 Å². The van der Waals surface area contributed by atoms with Gasteiger partial charge in [-0.15, -0.1) is 0 Å². The lowest BCUT2D eigenvalue weighted by atomic mass is 10.1. The van der Waals surface area contributed by atoms with Gasteiger partial charge in [0, 0.05) is 12.2 Å². The molecule has 4 heteroatoms. The minimum Gasteiger partial charge on any atom is -0.324 e. The van der Waals surface area contributed by atoms with E-state index in [1.807, 2.05) is 6.92 Å². The summed E-state index contributed by atoms with van der Waals surface area (Å²) in [7, 11) is 0. The van der Waals surface area contributed by atoms with Crippen molar-refractivity contribution in [2.75, 3.05) is 0 Å². The summed E-state index contributed by atoms with van der Waals surface area (Å²) in [5.74, 6) is 0. The van der Waals surface area contributed by atoms with Crippen molar-refractivity contribution >= 4 is 23.2 Å². The second-order valence-corrected chi connectivity index (χ2v) is 3.26. The Morgan fingerprint density at radius 3 is 2.83 bits per heavy atom. The Hall–Kier alpha value is -0.310. The average molecular weight is 205 g/mol. The van der Waals surface area contributed by atoms with Gasteiger partial charge in [-0.05, 0) is 18.1 Å². The Morgan fingerprint density at radius 2 is 2.25 bits per heavy atom. The van der Waals surface area contributed by atoms with Crippen molar-refractivity contribution in [1.29, 1.82) is 0 Å². The largest absolute Gasteiger partial charge is 0.324 e. The highest BCUT2D eigenvalue weighted by molar-refractivity contribution is 6.41. The van der Waals surface area contributed by atoms with Gasteiger partial charge in [-0.1, -0.05) is 30.1 Å². The van der Waals surface area contributed by atoms with E-state index < -0.39 is 0 Å². The second kappa shape index (κ2) is 4.08. The summed E-state index contributed by atoms with van der Waals surface area (Å²) in [5, 5.41) is 0.784. The predicted octanol–water partition coefficient (Wildman–Crippen LogP) is 2.80. The molecule has 0 saturated heterocycles. The first kappa shape index (κ1) is 9.78. The molecule has 2 nitrogen and oxygen atoms in total. The Morgan fingerprint density at radius 1 is 1.58 bits per heavy atom. The lowest BCUT2D eigenvalue weighted by molar-refractivity contribution is 0.698. The highest BCUT2D eigenvalue weighted by Crippen LogP contribution is 2.27. The normalized spacial score (nSPS) is 13.0. The minimum atomic E-state index is -0.0574. The average Bonchev–Trinajstić information content (AvgIpc) is 2.08. The summed E-state index contributed by atoms with van der Waals surface area (Å²) in [4.78, 5) is 3.83. The van der Waals surface area contributed by atoms with Gasteiger partial charge >= 0.3 is 0 Å². The van der Waals surface area contributed by atoms with E-state index >= 15 is 0 Å². The molecule has 1 rings (SSSR count). The molecule has 0 radical (unpaired) electrons. The maximum atomic E-state index is 5.89. The van der Waals surface area contributed by atoms with Gasteiger partial charge in [0.2, 0.25) is 0 Å². The first-order valence-electron chi connectivity index (χ1n) is 3.72. The van der Waals surface area contributed by atoms with E-state index in [-0.39, 0.29) is 6.04 Å². The molecule has 12 heavy (non-hydrogen) atoms. The Kier molecular flexibility index (Phi) is 3.32. The second-order valence-electron chi connectivity index (χ2n) is 2.52. The summed E-state index contributed by atoms with van der Waals surface area (Å²) in [6.45, 7) is 2.00. The molecule has 66 valence electrons. The molecule has 0 aliphatic heterocycles. The Balaban J connectivity index is 3.07. The number of rotatable bonds is 2. The molecule has 0 saturated carbocycles. The monoisotopic (exact) mass is 204 g/mol. The summed E-state index contributed by atoms with van der Waals surface area (Å²) < 4.78 is 0. The van der Waals surface area contributed by atoms with Crippen LogP contribution in [0.5, 0.6) is 0 Å². The molecule has 0 aliphatic carbocycles. The van der Waals surface area contributed by atoms with Gasteiger partial charge in [0.05, 0.1) is 5.02 Å². The molecule has 1 atom stereocenters. The van der Waals surface area contributed by atoms with E-state index in [2.05, 4.69) is 4.98 Å². The smallest absolute Gasteiger partial charge is 0.147 e. The number of hydrogen-bond acceptors (Lipinski definition) is 2. The fraction of sp³-hybridized carbons (Fsp3) is 0.375. The minimum absolute atomic E-state index is 0.0574. The van der Waals surface area contributed by atoms with Crippen molar-refractivity contribution in [2.24, 2.45) is 5.73 Å². The Bertz CT molecular complexity index is 276. The molecule has 0 aliphatic rings. The topological polar surface area (TPSA) is 38.9 Å². The molecule has 0 spiro atoms. The predicted molar refractivity (Wildman–Crippen MR) is 51.5 cm³/mol. The van der Waals surface area contributed by atoms with Crippen LogP contribution < -0.4 is 5.73 Å². The zero-order valence-corrected chi connectivity index (χ0v) is 8.23. The first-order chi connectivity index (χ1) is 5.66. The first-order valence-corrected chi connectivity index (χ1v) is 4.48. The molecule has 0 unspecified atom stereocenters. The molecule has 1 aromatic heterocycles. The van der Waals surface area contributed by atoms with Crippen molar-refractivity contribution in [3.8, 4) is 0 Å². The van der Waals surface area contributed by atoms with Crippen molar-refractivity contribution in [1.82, 2.24) is 4.98 Å². The lowest BCUT2D eigenvalue weighted by Gasteiger charge is -2.10. The highest BCUT2D eigenvalue weighted by atomic mass is 35.5. The van der Waals surface area contributed by atoms with Crippen LogP contribution >= 0.6 is 23.2 Å². The molecule has 0 aromatic carbocycles. The number of nitrogens with zero attached hydrogens (tertiary/aromatic N) is 1. The van der Waals surface area contributed by atoms with Crippen LogP contribution in [-0.2, 0) is 0 Å². The maximum absolute atomic E-state index is 5.89. The van der Waals surface area contributed by atoms with Crippen molar-refractivity contribution in [3.05, 3.63) is 28.0 Å². The standard InChI is InChI=1S/C8H10Cl2N2/c1-2-6(11)5-3-4-12-8(10)7(5)9/h3-4,6H,2,11H2,1H3/t6-/m1/s1. The fourth-order valence-corrected chi connectivity index (χ4v) is 1.36. The van der Waals surface area contributed by atoms with E-state index in [9.17, 15) is 0 Å². The Labute approximate surface area is 81.7 Å². The van der Waals surface area contributed by atoms with Gasteiger partial charge in [-0.3, -0.25) is 0 Å². The van der Waals surface area contributed by atoms with Crippen molar-refractivity contribution in [2.45, 2.75) is 19.4 Å². The van der Waals surface area contributed by atoms with E-state index in [1.54, 1.807) is 12.3 Å². The van der Waals surface area contributed by atoms with Gasteiger partial charge in [0.25, 0.3) is 0 Å². The van der Waals surface area contributed by atoms with E-state index in [0.717, 1.165) is 12.0 Å². The van der Waals surface area contributed by atoms with Crippen LogP contribution in [0.4, 0.5) is 0 Å². The van der Waals surface area contributed by atoms with Crippen LogP contribution in [0.2, 0.25) is 10.2 Å². The molecular weight excluding hydrogens is 195 g/mol. The van der Waals surface area contributed by atoms with Gasteiger partial charge in [0.15, 0.2) is 0 Å². The van der Waals surface area contributed by atoms with Gasteiger partial charge < -0.3 is 5.73 Å². The zero-order chi connectivity index (χ0) is 9.14. The zero-order valence-electron chi connectivity index (χ0n) is 6.72. The van der Waals surface area contributed by atoms with Crippen LogP contribution in [0, 0.1) is 0 Å². The number of halogens is 2. The number of aromatic nitrogens is 1. The summed E-state index contributed by atoms with van der Waals surface area (Å²) in [6, 6.07) is 1.74. The SMILES string of the molecule is CC[C@@H](N)c1ccnc(Cl)c1Cl. The summed E-state index contributed by atoms with van der Waals surface area (Å²) in [5.41, 5.74) is 6.65. The molecule has 0 amide bonds. The summed E-state index contributed by atoms with van der Waals surface area (Å²) >= 11 is 11.6. The van der Waals surface area contributed by atoms with Gasteiger partial charge in [-0.2, -0.15) is 0 Å². The van der Waals surface area contributed by atoms with E-state index in [0.29, 0.717) is 10.2 Å². The lowest BCUT2D eigenvalue weighted by Crippen LogP contribution is -2.09. The van der Waals surface area contributed by atoms with E-state index in [1.165, 1.54) is 0 Å². The molecule has 2 N–H and O–H groups in total. The number of nitrogens with two attached hydrogens (primary N) is 1.